The van der Waals surface area contributed by atoms with Gasteiger partial charge in [0.15, 0.2) is 11.4 Å². The van der Waals surface area contributed by atoms with Crippen LogP contribution in [-0.2, 0) is 106 Å². The van der Waals surface area contributed by atoms with Gasteiger partial charge in [0.05, 0.1) is 41.3 Å². The average molecular weight is 2190 g/mol. The maximum atomic E-state index is 14.6. The van der Waals surface area contributed by atoms with Crippen LogP contribution in [0.3, 0.4) is 0 Å². The SMILES string of the molecule is CCCCc1cnc(-c2[c-]cc(C(C)C)cn2)n1-c1c(C)cc(C)cc1C.CCCCc1cnc(-c2[c-]cccc2F)n1-c1c(C)cc(C)cc1C.Cc1cc(C)c(-n2c(-c3[c-]cccc3F)nc(C#N)c2CC(C)C)c(C)c1.[C-]#[N+]c1cc[c-]c(-c2nc(C#N)c(CCCC)n2-c2c(C)cc(C)cc2C)c1.[Ir].[Ir].[Ir].[Ir]. The number of hydrogen-bond acceptors (Lipinski definition) is 7. The fourth-order valence-electron chi connectivity index (χ4n) is 14.5. The summed E-state index contributed by atoms with van der Waals surface area (Å²) in [5, 5.41) is 19.4. The number of nitrogens with zero attached hydrogens (tertiary/aromatic N) is 12. The van der Waals surface area contributed by atoms with E-state index in [4.69, 9.17) is 11.6 Å². The van der Waals surface area contributed by atoms with Crippen LogP contribution in [0.2, 0.25) is 0 Å². The Balaban J connectivity index is 0.000000262. The number of nitriles is 2. The van der Waals surface area contributed by atoms with Gasteiger partial charge in [-0.2, -0.15) is 28.7 Å². The Kier molecular flexibility index (Phi) is 36.0. The molecule has 0 saturated heterocycles. The molecule has 0 fully saturated rings. The minimum atomic E-state index is -0.397. The van der Waals surface area contributed by atoms with E-state index in [2.05, 4.69) is 241 Å². The third-order valence-corrected chi connectivity index (χ3v) is 19.0. The van der Waals surface area contributed by atoms with Crippen molar-refractivity contribution in [1.29, 1.82) is 10.5 Å². The molecule has 586 valence electrons. The van der Waals surface area contributed by atoms with Crippen molar-refractivity contribution in [3.63, 3.8) is 0 Å². The molecule has 0 N–H and O–H groups in total. The van der Waals surface area contributed by atoms with Crippen molar-refractivity contribution in [3.8, 4) is 80.6 Å². The van der Waals surface area contributed by atoms with E-state index in [9.17, 15) is 19.3 Å². The minimum Gasteiger partial charge on any atom is -0.348 e. The summed E-state index contributed by atoms with van der Waals surface area (Å²) in [7, 11) is 0. The summed E-state index contributed by atoms with van der Waals surface area (Å²) < 4.78 is 37.5. The van der Waals surface area contributed by atoms with E-state index in [1.807, 2.05) is 43.1 Å². The monoisotopic (exact) mass is 2190 g/mol. The van der Waals surface area contributed by atoms with Crippen molar-refractivity contribution in [1.82, 2.24) is 43.2 Å². The third kappa shape index (κ3) is 22.0. The molecule has 5 aromatic heterocycles. The van der Waals surface area contributed by atoms with Gasteiger partial charge in [0.1, 0.15) is 17.8 Å². The van der Waals surface area contributed by atoms with Gasteiger partial charge in [0, 0.05) is 139 Å². The Morgan fingerprint density at radius 1 is 0.459 bits per heavy atom. The number of halogens is 2. The zero-order valence-electron chi connectivity index (χ0n) is 67.3. The van der Waals surface area contributed by atoms with Crippen LogP contribution in [0.15, 0.2) is 128 Å². The number of hydrogen-bond donors (Lipinski definition) is 0. The molecule has 111 heavy (non-hydrogen) atoms. The van der Waals surface area contributed by atoms with E-state index in [0.29, 0.717) is 58.4 Å². The fraction of sp³-hybridized carbons (Fsp3) is 0.333. The maximum absolute atomic E-state index is 14.6. The topological polar surface area (TPSA) is 136 Å². The van der Waals surface area contributed by atoms with Crippen LogP contribution < -0.4 is 0 Å². The van der Waals surface area contributed by atoms with Gasteiger partial charge in [0.2, 0.25) is 0 Å². The molecule has 5 heterocycles. The Hall–Kier alpha value is -8.54. The Morgan fingerprint density at radius 2 is 0.856 bits per heavy atom. The average Bonchev–Trinajstić information content (AvgIpc) is 1.65. The molecule has 0 aliphatic carbocycles. The van der Waals surface area contributed by atoms with Gasteiger partial charge >= 0.3 is 0 Å². The summed E-state index contributed by atoms with van der Waals surface area (Å²) in [5.74, 6) is 2.69. The molecule has 0 aliphatic rings. The number of imidazole rings is 4. The molecule has 12 nitrogen and oxygen atoms in total. The summed E-state index contributed by atoms with van der Waals surface area (Å²) in [6, 6.07) is 51.2. The van der Waals surface area contributed by atoms with Gasteiger partial charge < -0.3 is 18.3 Å². The molecule has 0 spiro atoms. The Bertz CT molecular complexity index is 5190. The van der Waals surface area contributed by atoms with Crippen LogP contribution in [0.5, 0.6) is 0 Å². The van der Waals surface area contributed by atoms with Crippen LogP contribution in [-0.4, -0.2) is 43.2 Å². The molecule has 4 radical (unpaired) electrons. The minimum absolute atomic E-state index is 0. The van der Waals surface area contributed by atoms with Gasteiger partial charge in [-0.3, -0.25) is 38.5 Å². The van der Waals surface area contributed by atoms with Gasteiger partial charge in [0.25, 0.3) is 0 Å². The zero-order valence-corrected chi connectivity index (χ0v) is 76.9. The van der Waals surface area contributed by atoms with Crippen molar-refractivity contribution in [3.05, 3.63) is 282 Å². The van der Waals surface area contributed by atoms with Crippen molar-refractivity contribution >= 4 is 5.69 Å². The normalized spacial score (nSPS) is 10.6. The number of aromatic nitrogens is 9. The Morgan fingerprint density at radius 3 is 1.25 bits per heavy atom. The quantitative estimate of drug-likeness (QED) is 0.0693. The summed E-state index contributed by atoms with van der Waals surface area (Å²) in [4.78, 5) is 26.8. The van der Waals surface area contributed by atoms with Crippen molar-refractivity contribution in [2.24, 2.45) is 5.92 Å². The summed E-state index contributed by atoms with van der Waals surface area (Å²) in [6.07, 6.45) is 15.8. The largest absolute Gasteiger partial charge is 0.348 e. The van der Waals surface area contributed by atoms with Crippen LogP contribution in [0.1, 0.15) is 199 Å². The third-order valence-electron chi connectivity index (χ3n) is 19.0. The van der Waals surface area contributed by atoms with Crippen LogP contribution in [0.25, 0.3) is 73.3 Å². The molecule has 7 aromatic carbocycles. The van der Waals surface area contributed by atoms with Crippen LogP contribution in [0, 0.1) is 154 Å². The number of pyridine rings is 1. The van der Waals surface area contributed by atoms with E-state index in [-0.39, 0.29) is 91.8 Å². The number of benzene rings is 7. The number of aryl methyl sites for hydroxylation is 14. The van der Waals surface area contributed by atoms with Gasteiger partial charge in [-0.1, -0.05) is 156 Å². The molecule has 0 aliphatic heterocycles. The molecule has 18 heteroatoms. The first kappa shape index (κ1) is 93.1. The zero-order chi connectivity index (χ0) is 77.5. The summed E-state index contributed by atoms with van der Waals surface area (Å²) in [6.45, 7) is 47.6. The Labute approximate surface area is 712 Å². The predicted molar refractivity (Wildman–Crippen MR) is 430 cm³/mol. The van der Waals surface area contributed by atoms with E-state index in [1.165, 1.54) is 80.0 Å². The molecule has 0 atom stereocenters. The molecule has 12 rings (SSSR count). The fourth-order valence-corrected chi connectivity index (χ4v) is 14.5. The van der Waals surface area contributed by atoms with Gasteiger partial charge in [-0.05, 0) is 190 Å². The van der Waals surface area contributed by atoms with Gasteiger partial charge in [-0.15, -0.1) is 77.9 Å². The molecule has 0 bridgehead atoms. The standard InChI is InChI=1S/C24H23N4.C24H30N3.C23H23FN3.C22H24FN2.4Ir/c1-6-7-11-22-21(15-25)27-24(19-9-8-10-20(14-19)26-5)28(22)23-17(3)12-16(2)13-18(23)4;1-7-8-9-21-15-26-24(22-11-10-20(14-25-22)16(2)3)27(21)23-18(5)12-17(4)13-19(23)6;1-14(2)10-21-20(13-25)26-23(18-8-6-7-9-19(18)24)27(21)22-16(4)11-15(3)12-17(22)5;1-5-6-9-18-14-24-22(19-10-7-8-11-20(19)23)25(18)21-16(3)12-15(2)13-17(21)4;;;;/h8,10,12-14H,6-7,11H2,1-4H3;10,12-16H,7-9H2,1-6H3;6-7,9,11-12,14H,10H2,1-5H3;7-8,11-14H,5-6,9H2,1-4H3;;;;/q4*-1;;;;. The van der Waals surface area contributed by atoms with E-state index in [0.717, 1.165) is 125 Å². The first-order valence-electron chi connectivity index (χ1n) is 37.4. The molecule has 0 saturated carbocycles. The number of rotatable bonds is 20. The number of unbranched alkanes of at least 4 members (excludes halogenated alkanes) is 3. The second kappa shape index (κ2) is 42.9. The first-order chi connectivity index (χ1) is 51.3. The maximum Gasteiger partial charge on any atom is 0.151 e. The molecule has 12 aromatic rings. The van der Waals surface area contributed by atoms with E-state index in [1.54, 1.807) is 42.5 Å². The van der Waals surface area contributed by atoms with E-state index >= 15 is 0 Å². The van der Waals surface area contributed by atoms with Crippen molar-refractivity contribution < 1.29 is 89.2 Å². The first-order valence-corrected chi connectivity index (χ1v) is 37.4. The second-order valence-corrected chi connectivity index (χ2v) is 29.0. The molecular weight excluding hydrogens is 2090 g/mol. The van der Waals surface area contributed by atoms with E-state index < -0.39 is 5.82 Å². The second-order valence-electron chi connectivity index (χ2n) is 29.0. The van der Waals surface area contributed by atoms with Crippen LogP contribution in [0.4, 0.5) is 14.5 Å². The molecule has 0 unspecified atom stereocenters. The van der Waals surface area contributed by atoms with Crippen molar-refractivity contribution in [2.75, 3.05) is 0 Å². The predicted octanol–water partition coefficient (Wildman–Crippen LogP) is 23.4. The molecular formula is C93H100F2Ir4N12-4. The smallest absolute Gasteiger partial charge is 0.151 e. The molecule has 0 amide bonds. The van der Waals surface area contributed by atoms with Crippen LogP contribution >= 0.6 is 0 Å². The van der Waals surface area contributed by atoms with Gasteiger partial charge in [-0.25, -0.2) is 0 Å². The van der Waals surface area contributed by atoms with Crippen molar-refractivity contribution in [2.45, 2.75) is 202 Å². The summed E-state index contributed by atoms with van der Waals surface area (Å²) in [5.41, 5.74) is 27.4. The summed E-state index contributed by atoms with van der Waals surface area (Å²) >= 11 is 0.